The Kier molecular flexibility index (Phi) is 4.19. The number of anilines is 1. The quantitative estimate of drug-likeness (QED) is 0.874. The Labute approximate surface area is 118 Å². The molecule has 1 aromatic carbocycles. The Morgan fingerprint density at radius 2 is 2.11 bits per heavy atom. The molecule has 0 saturated heterocycles. The van der Waals surface area contributed by atoms with E-state index in [1.54, 1.807) is 24.5 Å². The van der Waals surface area contributed by atoms with Crippen molar-refractivity contribution in [2.24, 2.45) is 0 Å². The van der Waals surface area contributed by atoms with Crippen LogP contribution in [0, 0.1) is 5.82 Å². The highest BCUT2D eigenvalue weighted by Gasteiger charge is 2.08. The van der Waals surface area contributed by atoms with Crippen LogP contribution in [0.15, 0.2) is 41.1 Å². The molecule has 1 aromatic heterocycles. The third kappa shape index (κ3) is 3.21. The van der Waals surface area contributed by atoms with Crippen molar-refractivity contribution in [1.82, 2.24) is 4.98 Å². The van der Waals surface area contributed by atoms with Gasteiger partial charge in [0.05, 0.1) is 16.9 Å². The van der Waals surface area contributed by atoms with Crippen LogP contribution in [0.2, 0.25) is 5.02 Å². The fourth-order valence-corrected chi connectivity index (χ4v) is 2.16. The summed E-state index contributed by atoms with van der Waals surface area (Å²) in [6, 6.07) is 6.65. The summed E-state index contributed by atoms with van der Waals surface area (Å²) < 4.78 is 14.0. The SMILES string of the molecule is CC(Nc1cncc(Br)c1)c1ccc(F)c(Cl)c1. The first-order valence-electron chi connectivity index (χ1n) is 5.38. The Balaban J connectivity index is 2.16. The summed E-state index contributed by atoms with van der Waals surface area (Å²) >= 11 is 9.12. The van der Waals surface area contributed by atoms with Gasteiger partial charge in [-0.1, -0.05) is 17.7 Å². The minimum Gasteiger partial charge on any atom is -0.377 e. The van der Waals surface area contributed by atoms with Gasteiger partial charge in [-0.3, -0.25) is 4.98 Å². The lowest BCUT2D eigenvalue weighted by molar-refractivity contribution is 0.627. The normalized spacial score (nSPS) is 12.2. The van der Waals surface area contributed by atoms with Gasteiger partial charge in [-0.2, -0.15) is 0 Å². The lowest BCUT2D eigenvalue weighted by Crippen LogP contribution is -2.07. The molecule has 1 atom stereocenters. The molecule has 94 valence electrons. The van der Waals surface area contributed by atoms with Crippen LogP contribution < -0.4 is 5.32 Å². The summed E-state index contributed by atoms with van der Waals surface area (Å²) in [6.07, 6.45) is 3.44. The lowest BCUT2D eigenvalue weighted by atomic mass is 10.1. The maximum Gasteiger partial charge on any atom is 0.141 e. The van der Waals surface area contributed by atoms with Crippen LogP contribution in [0.25, 0.3) is 0 Å². The van der Waals surface area contributed by atoms with E-state index in [1.807, 2.05) is 13.0 Å². The minimum atomic E-state index is -0.406. The first-order chi connectivity index (χ1) is 8.56. The van der Waals surface area contributed by atoms with E-state index >= 15 is 0 Å². The van der Waals surface area contributed by atoms with Crippen molar-refractivity contribution in [3.05, 3.63) is 57.5 Å². The number of hydrogen-bond donors (Lipinski definition) is 1. The topological polar surface area (TPSA) is 24.9 Å². The van der Waals surface area contributed by atoms with Gasteiger partial charge in [0.15, 0.2) is 0 Å². The zero-order chi connectivity index (χ0) is 13.1. The summed E-state index contributed by atoms with van der Waals surface area (Å²) in [7, 11) is 0. The predicted octanol–water partition coefficient (Wildman–Crippen LogP) is 4.81. The molecule has 0 aliphatic rings. The van der Waals surface area contributed by atoms with Crippen molar-refractivity contribution in [3.8, 4) is 0 Å². The molecule has 18 heavy (non-hydrogen) atoms. The molecular formula is C13H11BrClFN2. The van der Waals surface area contributed by atoms with Crippen molar-refractivity contribution in [2.45, 2.75) is 13.0 Å². The van der Waals surface area contributed by atoms with Crippen molar-refractivity contribution in [2.75, 3.05) is 5.32 Å². The molecule has 0 aliphatic heterocycles. The maximum absolute atomic E-state index is 13.1. The van der Waals surface area contributed by atoms with Crippen LogP contribution >= 0.6 is 27.5 Å². The number of nitrogens with zero attached hydrogens (tertiary/aromatic N) is 1. The molecule has 2 rings (SSSR count). The number of nitrogens with one attached hydrogen (secondary N) is 1. The van der Waals surface area contributed by atoms with Crippen molar-refractivity contribution >= 4 is 33.2 Å². The molecule has 0 fully saturated rings. The Hall–Kier alpha value is -1.13. The summed E-state index contributed by atoms with van der Waals surface area (Å²) in [5.74, 6) is -0.406. The van der Waals surface area contributed by atoms with Crippen molar-refractivity contribution < 1.29 is 4.39 Å². The van der Waals surface area contributed by atoms with Gasteiger partial charge in [0.2, 0.25) is 0 Å². The average molecular weight is 330 g/mol. The van der Waals surface area contributed by atoms with Gasteiger partial charge >= 0.3 is 0 Å². The fraction of sp³-hybridized carbons (Fsp3) is 0.154. The Morgan fingerprint density at radius 1 is 1.33 bits per heavy atom. The highest BCUT2D eigenvalue weighted by Crippen LogP contribution is 2.24. The zero-order valence-corrected chi connectivity index (χ0v) is 12.0. The van der Waals surface area contributed by atoms with E-state index in [2.05, 4.69) is 26.2 Å². The van der Waals surface area contributed by atoms with Gasteiger partial charge in [0.25, 0.3) is 0 Å². The van der Waals surface area contributed by atoms with Gasteiger partial charge in [-0.05, 0) is 46.6 Å². The van der Waals surface area contributed by atoms with Gasteiger partial charge in [0, 0.05) is 16.7 Å². The van der Waals surface area contributed by atoms with Gasteiger partial charge < -0.3 is 5.32 Å². The molecule has 0 aliphatic carbocycles. The largest absolute Gasteiger partial charge is 0.377 e. The second kappa shape index (κ2) is 5.67. The monoisotopic (exact) mass is 328 g/mol. The number of hydrogen-bond acceptors (Lipinski definition) is 2. The van der Waals surface area contributed by atoms with E-state index in [1.165, 1.54) is 6.07 Å². The van der Waals surface area contributed by atoms with Crippen LogP contribution in [0.3, 0.4) is 0 Å². The third-order valence-electron chi connectivity index (χ3n) is 2.53. The second-order valence-electron chi connectivity index (χ2n) is 3.93. The molecule has 1 heterocycles. The highest BCUT2D eigenvalue weighted by atomic mass is 79.9. The summed E-state index contributed by atoms with van der Waals surface area (Å²) in [5, 5.41) is 3.40. The van der Waals surface area contributed by atoms with E-state index < -0.39 is 5.82 Å². The number of aromatic nitrogens is 1. The third-order valence-corrected chi connectivity index (χ3v) is 3.26. The summed E-state index contributed by atoms with van der Waals surface area (Å²) in [4.78, 5) is 4.07. The van der Waals surface area contributed by atoms with E-state index in [0.29, 0.717) is 0 Å². The van der Waals surface area contributed by atoms with E-state index in [0.717, 1.165) is 15.7 Å². The van der Waals surface area contributed by atoms with Crippen molar-refractivity contribution in [1.29, 1.82) is 0 Å². The van der Waals surface area contributed by atoms with E-state index in [9.17, 15) is 4.39 Å². The standard InChI is InChI=1S/C13H11BrClFN2/c1-8(9-2-3-13(16)12(15)4-9)18-11-5-10(14)6-17-7-11/h2-8,18H,1H3. The molecule has 0 amide bonds. The van der Waals surface area contributed by atoms with Crippen LogP contribution in [-0.4, -0.2) is 4.98 Å². The fourth-order valence-electron chi connectivity index (χ4n) is 1.61. The molecule has 0 bridgehead atoms. The van der Waals surface area contributed by atoms with Crippen molar-refractivity contribution in [3.63, 3.8) is 0 Å². The van der Waals surface area contributed by atoms with Crippen LogP contribution in [0.4, 0.5) is 10.1 Å². The molecule has 1 unspecified atom stereocenters. The van der Waals surface area contributed by atoms with Gasteiger partial charge in [0.1, 0.15) is 5.82 Å². The summed E-state index contributed by atoms with van der Waals surface area (Å²) in [5.41, 5.74) is 1.80. The Bertz CT molecular complexity index is 562. The van der Waals surface area contributed by atoms with E-state index in [-0.39, 0.29) is 11.1 Å². The molecular weight excluding hydrogens is 319 g/mol. The molecule has 0 saturated carbocycles. The Morgan fingerprint density at radius 3 is 2.78 bits per heavy atom. The first-order valence-corrected chi connectivity index (χ1v) is 6.55. The number of benzene rings is 1. The minimum absolute atomic E-state index is 0.0131. The van der Waals surface area contributed by atoms with E-state index in [4.69, 9.17) is 11.6 Å². The second-order valence-corrected chi connectivity index (χ2v) is 5.25. The molecule has 1 N–H and O–H groups in total. The number of pyridine rings is 1. The summed E-state index contributed by atoms with van der Waals surface area (Å²) in [6.45, 7) is 1.98. The smallest absolute Gasteiger partial charge is 0.141 e. The zero-order valence-electron chi connectivity index (χ0n) is 9.62. The van der Waals surface area contributed by atoms with Crippen LogP contribution in [0.5, 0.6) is 0 Å². The highest BCUT2D eigenvalue weighted by molar-refractivity contribution is 9.10. The number of rotatable bonds is 3. The van der Waals surface area contributed by atoms with Gasteiger partial charge in [-0.25, -0.2) is 4.39 Å². The molecule has 5 heteroatoms. The van der Waals surface area contributed by atoms with Gasteiger partial charge in [-0.15, -0.1) is 0 Å². The van der Waals surface area contributed by atoms with Crippen LogP contribution in [0.1, 0.15) is 18.5 Å². The molecule has 0 spiro atoms. The molecule has 2 aromatic rings. The predicted molar refractivity (Wildman–Crippen MR) is 75.4 cm³/mol. The van der Waals surface area contributed by atoms with Crippen LogP contribution in [-0.2, 0) is 0 Å². The molecule has 2 nitrogen and oxygen atoms in total. The first kappa shape index (κ1) is 13.3. The lowest BCUT2D eigenvalue weighted by Gasteiger charge is -2.16. The molecule has 0 radical (unpaired) electrons. The average Bonchev–Trinajstić information content (AvgIpc) is 2.32. The number of halogens is 3. The maximum atomic E-state index is 13.1.